The second kappa shape index (κ2) is 5.27. The zero-order valence-corrected chi connectivity index (χ0v) is 8.81. The normalized spacial score (nSPS) is 15.0. The van der Waals surface area contributed by atoms with Crippen LogP contribution >= 0.6 is 7.82 Å². The standard InChI is InChI=1S/C9H13O4P/c1-12-14(10,11)13-8-7-9-5-3-2-4-6-9/h2-6H,7-8H2,1H3,(H,10,11). The first kappa shape index (κ1) is 11.4. The van der Waals surface area contributed by atoms with E-state index in [9.17, 15) is 4.57 Å². The number of phosphoric ester groups is 1. The monoisotopic (exact) mass is 216 g/mol. The molecule has 0 spiro atoms. The lowest BCUT2D eigenvalue weighted by molar-refractivity contribution is 0.175. The Hall–Kier alpha value is -0.670. The van der Waals surface area contributed by atoms with Crippen molar-refractivity contribution in [3.8, 4) is 0 Å². The van der Waals surface area contributed by atoms with Crippen molar-refractivity contribution in [1.82, 2.24) is 0 Å². The molecule has 0 heterocycles. The Balaban J connectivity index is 2.33. The van der Waals surface area contributed by atoms with Crippen LogP contribution in [0.15, 0.2) is 30.3 Å². The Morgan fingerprint density at radius 1 is 1.36 bits per heavy atom. The average Bonchev–Trinajstić information content (AvgIpc) is 2.19. The summed E-state index contributed by atoms with van der Waals surface area (Å²) in [4.78, 5) is 8.91. The molecule has 0 aliphatic carbocycles. The maximum atomic E-state index is 10.9. The minimum Gasteiger partial charge on any atom is -0.303 e. The molecule has 1 aromatic rings. The summed E-state index contributed by atoms with van der Waals surface area (Å²) in [6.45, 7) is 0.172. The summed E-state index contributed by atoms with van der Waals surface area (Å²) in [6, 6.07) is 9.59. The van der Waals surface area contributed by atoms with E-state index in [2.05, 4.69) is 9.05 Å². The van der Waals surface area contributed by atoms with E-state index in [-0.39, 0.29) is 6.61 Å². The van der Waals surface area contributed by atoms with Gasteiger partial charge in [-0.3, -0.25) is 9.05 Å². The third-order valence-corrected chi connectivity index (χ3v) is 2.69. The van der Waals surface area contributed by atoms with Gasteiger partial charge in [0.25, 0.3) is 0 Å². The fraction of sp³-hybridized carbons (Fsp3) is 0.333. The van der Waals surface area contributed by atoms with Gasteiger partial charge in [-0.05, 0) is 12.0 Å². The van der Waals surface area contributed by atoms with Gasteiger partial charge in [0.05, 0.1) is 6.61 Å². The van der Waals surface area contributed by atoms with Crippen LogP contribution in [0, 0.1) is 0 Å². The summed E-state index contributed by atoms with van der Waals surface area (Å²) >= 11 is 0. The minimum atomic E-state index is -3.81. The molecule has 0 radical (unpaired) electrons. The van der Waals surface area contributed by atoms with Crippen LogP contribution in [-0.4, -0.2) is 18.6 Å². The highest BCUT2D eigenvalue weighted by molar-refractivity contribution is 7.47. The van der Waals surface area contributed by atoms with Crippen LogP contribution in [0.25, 0.3) is 0 Å². The molecule has 0 saturated heterocycles. The molecule has 0 bridgehead atoms. The third-order valence-electron chi connectivity index (χ3n) is 1.72. The Morgan fingerprint density at radius 3 is 2.57 bits per heavy atom. The van der Waals surface area contributed by atoms with Gasteiger partial charge in [0.2, 0.25) is 0 Å². The molecular weight excluding hydrogens is 203 g/mol. The van der Waals surface area contributed by atoms with E-state index >= 15 is 0 Å². The lowest BCUT2D eigenvalue weighted by Gasteiger charge is -2.08. The van der Waals surface area contributed by atoms with E-state index in [1.165, 1.54) is 0 Å². The van der Waals surface area contributed by atoms with Gasteiger partial charge in [-0.1, -0.05) is 30.3 Å². The van der Waals surface area contributed by atoms with Crippen LogP contribution in [0.1, 0.15) is 5.56 Å². The lowest BCUT2D eigenvalue weighted by Crippen LogP contribution is -1.97. The molecule has 0 aromatic heterocycles. The fourth-order valence-corrected chi connectivity index (χ4v) is 1.40. The fourth-order valence-electron chi connectivity index (χ4n) is 0.976. The second-order valence-electron chi connectivity index (χ2n) is 2.72. The number of hydrogen-bond acceptors (Lipinski definition) is 3. The van der Waals surface area contributed by atoms with E-state index in [1.54, 1.807) is 0 Å². The van der Waals surface area contributed by atoms with Crippen molar-refractivity contribution in [2.75, 3.05) is 13.7 Å². The van der Waals surface area contributed by atoms with Gasteiger partial charge in [-0.25, -0.2) is 4.57 Å². The topological polar surface area (TPSA) is 55.8 Å². The molecule has 0 aliphatic rings. The number of rotatable bonds is 5. The van der Waals surface area contributed by atoms with Crippen molar-refractivity contribution in [2.45, 2.75) is 6.42 Å². The SMILES string of the molecule is COP(=O)(O)OCCc1ccccc1. The van der Waals surface area contributed by atoms with E-state index < -0.39 is 7.82 Å². The predicted molar refractivity (Wildman–Crippen MR) is 52.9 cm³/mol. The highest BCUT2D eigenvalue weighted by Gasteiger charge is 2.17. The first-order chi connectivity index (χ1) is 6.64. The van der Waals surface area contributed by atoms with Gasteiger partial charge in [-0.2, -0.15) is 0 Å². The molecule has 1 aromatic carbocycles. The summed E-state index contributed by atoms with van der Waals surface area (Å²) in [7, 11) is -2.67. The van der Waals surface area contributed by atoms with Gasteiger partial charge < -0.3 is 4.89 Å². The second-order valence-corrected chi connectivity index (χ2v) is 4.28. The molecule has 1 atom stereocenters. The highest BCUT2D eigenvalue weighted by Crippen LogP contribution is 2.41. The van der Waals surface area contributed by atoms with Gasteiger partial charge in [0, 0.05) is 7.11 Å². The molecule has 14 heavy (non-hydrogen) atoms. The number of hydrogen-bond donors (Lipinski definition) is 1. The molecule has 0 fully saturated rings. The van der Waals surface area contributed by atoms with Crippen LogP contribution in [0.5, 0.6) is 0 Å². The van der Waals surface area contributed by atoms with Gasteiger partial charge in [-0.15, -0.1) is 0 Å². The van der Waals surface area contributed by atoms with E-state index in [4.69, 9.17) is 4.89 Å². The van der Waals surface area contributed by atoms with Crippen molar-refractivity contribution in [3.63, 3.8) is 0 Å². The lowest BCUT2D eigenvalue weighted by atomic mass is 10.2. The van der Waals surface area contributed by atoms with Crippen LogP contribution in [0.4, 0.5) is 0 Å². The largest absolute Gasteiger partial charge is 0.471 e. The molecule has 5 heteroatoms. The quantitative estimate of drug-likeness (QED) is 0.764. The maximum Gasteiger partial charge on any atom is 0.471 e. The Bertz CT molecular complexity index is 312. The molecule has 4 nitrogen and oxygen atoms in total. The van der Waals surface area contributed by atoms with Crippen LogP contribution in [0.2, 0.25) is 0 Å². The van der Waals surface area contributed by atoms with Gasteiger partial charge in [0.1, 0.15) is 0 Å². The summed E-state index contributed by atoms with van der Waals surface area (Å²) in [5.41, 5.74) is 1.06. The summed E-state index contributed by atoms with van der Waals surface area (Å²) in [5.74, 6) is 0. The minimum absolute atomic E-state index is 0.172. The smallest absolute Gasteiger partial charge is 0.303 e. The van der Waals surface area contributed by atoms with Crippen molar-refractivity contribution in [1.29, 1.82) is 0 Å². The maximum absolute atomic E-state index is 10.9. The van der Waals surface area contributed by atoms with Crippen LogP contribution in [-0.2, 0) is 20.0 Å². The molecule has 1 unspecified atom stereocenters. The molecule has 0 amide bonds. The Kier molecular flexibility index (Phi) is 4.29. The Labute approximate surface area is 83.1 Å². The van der Waals surface area contributed by atoms with Gasteiger partial charge in [0.15, 0.2) is 0 Å². The molecule has 1 rings (SSSR count). The van der Waals surface area contributed by atoms with Crippen molar-refractivity contribution >= 4 is 7.82 Å². The predicted octanol–water partition coefficient (Wildman–Crippen LogP) is 1.99. The Morgan fingerprint density at radius 2 is 2.00 bits per heavy atom. The number of benzene rings is 1. The highest BCUT2D eigenvalue weighted by atomic mass is 31.2. The summed E-state index contributed by atoms with van der Waals surface area (Å²) < 4.78 is 19.8. The summed E-state index contributed by atoms with van der Waals surface area (Å²) in [6.07, 6.45) is 0.592. The van der Waals surface area contributed by atoms with Crippen molar-refractivity contribution < 1.29 is 18.5 Å². The molecule has 1 N–H and O–H groups in total. The van der Waals surface area contributed by atoms with Crippen molar-refractivity contribution in [3.05, 3.63) is 35.9 Å². The first-order valence-electron chi connectivity index (χ1n) is 4.21. The van der Waals surface area contributed by atoms with E-state index in [1.807, 2.05) is 30.3 Å². The zero-order chi connectivity index (χ0) is 10.4. The van der Waals surface area contributed by atoms with Gasteiger partial charge >= 0.3 is 7.82 Å². The average molecular weight is 216 g/mol. The van der Waals surface area contributed by atoms with E-state index in [0.717, 1.165) is 12.7 Å². The van der Waals surface area contributed by atoms with Crippen LogP contribution < -0.4 is 0 Å². The number of phosphoric acid groups is 1. The van der Waals surface area contributed by atoms with Crippen molar-refractivity contribution in [2.24, 2.45) is 0 Å². The first-order valence-corrected chi connectivity index (χ1v) is 5.70. The molecular formula is C9H13O4P. The third kappa shape index (κ3) is 4.03. The molecule has 0 aliphatic heterocycles. The molecule has 0 saturated carbocycles. The van der Waals surface area contributed by atoms with Crippen LogP contribution in [0.3, 0.4) is 0 Å². The van der Waals surface area contributed by atoms with E-state index in [0.29, 0.717) is 6.42 Å². The molecule has 78 valence electrons. The zero-order valence-electron chi connectivity index (χ0n) is 7.92. The summed E-state index contributed by atoms with van der Waals surface area (Å²) in [5, 5.41) is 0.